The van der Waals surface area contributed by atoms with Gasteiger partial charge in [0.1, 0.15) is 48.8 Å². The molecule has 340 valence electrons. The van der Waals surface area contributed by atoms with E-state index in [1.54, 1.807) is 0 Å². The summed E-state index contributed by atoms with van der Waals surface area (Å²) in [5, 5.41) is 22.7. The Labute approximate surface area is 381 Å². The van der Waals surface area contributed by atoms with Gasteiger partial charge in [0.2, 0.25) is 0 Å². The molecule has 2 aliphatic heterocycles. The molecule has 2 N–H and O–H groups in total. The summed E-state index contributed by atoms with van der Waals surface area (Å²) in [7, 11) is 0. The highest BCUT2D eigenvalue weighted by atomic mass is 16.7. The lowest BCUT2D eigenvalue weighted by Crippen LogP contribution is -2.63. The summed E-state index contributed by atoms with van der Waals surface area (Å²) in [5.74, 6) is 0. The molecule has 0 amide bonds. The Hall–Kier alpha value is -5.12. The molecule has 2 heterocycles. The lowest BCUT2D eigenvalue weighted by molar-refractivity contribution is -0.348. The van der Waals surface area contributed by atoms with E-state index in [4.69, 9.17) is 42.6 Å². The predicted octanol–water partition coefficient (Wildman–Crippen LogP) is 7.95. The van der Waals surface area contributed by atoms with Crippen LogP contribution in [-0.4, -0.2) is 84.8 Å². The molecule has 8 rings (SSSR count). The second-order valence-electron chi connectivity index (χ2n) is 16.2. The second-order valence-corrected chi connectivity index (χ2v) is 16.2. The van der Waals surface area contributed by atoms with Crippen molar-refractivity contribution in [1.82, 2.24) is 0 Å². The first-order chi connectivity index (χ1) is 32.1. The molecule has 2 aliphatic rings. The Morgan fingerprint density at radius 2 is 0.615 bits per heavy atom. The van der Waals surface area contributed by atoms with E-state index in [1.807, 2.05) is 182 Å². The zero-order valence-corrected chi connectivity index (χ0v) is 36.3. The fraction of sp³-hybridized carbons (Fsp3) is 0.333. The molecule has 11 heteroatoms. The van der Waals surface area contributed by atoms with E-state index in [2.05, 4.69) is 0 Å². The van der Waals surface area contributed by atoms with Crippen LogP contribution in [0.5, 0.6) is 0 Å². The van der Waals surface area contributed by atoms with Crippen LogP contribution >= 0.6 is 0 Å². The number of ether oxygens (including phenoxy) is 9. The molecule has 0 spiro atoms. The van der Waals surface area contributed by atoms with Gasteiger partial charge in [-0.15, -0.1) is 0 Å². The van der Waals surface area contributed by atoms with Gasteiger partial charge in [-0.2, -0.15) is 0 Å². The van der Waals surface area contributed by atoms with Crippen molar-refractivity contribution < 1.29 is 52.8 Å². The average Bonchev–Trinajstić information content (AvgIpc) is 3.36. The number of rotatable bonds is 22. The summed E-state index contributed by atoms with van der Waals surface area (Å²) in [6.45, 7) is 0.863. The minimum Gasteiger partial charge on any atom is -0.394 e. The highest BCUT2D eigenvalue weighted by Crippen LogP contribution is 2.34. The Morgan fingerprint density at radius 1 is 0.323 bits per heavy atom. The van der Waals surface area contributed by atoms with Gasteiger partial charge in [0, 0.05) is 0 Å². The van der Waals surface area contributed by atoms with Gasteiger partial charge in [-0.25, -0.2) is 0 Å². The van der Waals surface area contributed by atoms with Crippen LogP contribution in [0.4, 0.5) is 0 Å². The Morgan fingerprint density at radius 3 is 0.969 bits per heavy atom. The number of hydrogen-bond donors (Lipinski definition) is 2. The molecule has 2 fully saturated rings. The van der Waals surface area contributed by atoms with Crippen LogP contribution in [0.2, 0.25) is 0 Å². The number of aliphatic hydroxyl groups is 2. The minimum absolute atomic E-state index is 0.123. The molecule has 0 bridgehead atoms. The maximum absolute atomic E-state index is 11.8. The van der Waals surface area contributed by atoms with Crippen LogP contribution in [0.15, 0.2) is 182 Å². The minimum atomic E-state index is -1.41. The summed E-state index contributed by atoms with van der Waals surface area (Å²) in [6, 6.07) is 58.9. The highest BCUT2D eigenvalue weighted by molar-refractivity contribution is 5.18. The Balaban J connectivity index is 1.09. The SMILES string of the molecule is OC[C@H]1O[C@H](OC[C@H]2O[C@H](O)[C@H](OCc3ccccc3)[C@@H](OCc3ccccc3)[C@@H]2OCc2ccccc2)[C@H](OCc2ccccc2)[C@@H](OCc2ccccc2)[C@@H]1OCc1ccccc1. The predicted molar refractivity (Wildman–Crippen MR) is 243 cm³/mol. The molecule has 0 saturated carbocycles. The molecule has 10 atom stereocenters. The van der Waals surface area contributed by atoms with Gasteiger partial charge < -0.3 is 52.8 Å². The molecule has 6 aromatic rings. The van der Waals surface area contributed by atoms with Crippen LogP contribution in [0.1, 0.15) is 33.4 Å². The molecule has 0 aromatic heterocycles. The molecular formula is C54H58O11. The fourth-order valence-electron chi connectivity index (χ4n) is 8.11. The number of benzene rings is 6. The van der Waals surface area contributed by atoms with E-state index in [-0.39, 0.29) is 52.9 Å². The molecule has 0 radical (unpaired) electrons. The first kappa shape index (κ1) is 46.4. The van der Waals surface area contributed by atoms with Crippen molar-refractivity contribution in [1.29, 1.82) is 0 Å². The van der Waals surface area contributed by atoms with Crippen LogP contribution < -0.4 is 0 Å². The maximum Gasteiger partial charge on any atom is 0.187 e. The molecular weight excluding hydrogens is 825 g/mol. The van der Waals surface area contributed by atoms with Crippen molar-refractivity contribution in [2.45, 2.75) is 101 Å². The topological polar surface area (TPSA) is 124 Å². The third-order valence-electron chi connectivity index (χ3n) is 11.5. The summed E-state index contributed by atoms with van der Waals surface area (Å²) in [4.78, 5) is 0. The smallest absolute Gasteiger partial charge is 0.187 e. The zero-order valence-electron chi connectivity index (χ0n) is 36.3. The van der Waals surface area contributed by atoms with Crippen molar-refractivity contribution in [3.8, 4) is 0 Å². The summed E-state index contributed by atoms with van der Waals surface area (Å²) in [6.07, 6.45) is -9.14. The Kier molecular flexibility index (Phi) is 17.4. The van der Waals surface area contributed by atoms with Crippen LogP contribution in [0.3, 0.4) is 0 Å². The summed E-state index contributed by atoms with van der Waals surface area (Å²) >= 11 is 0. The molecule has 11 nitrogen and oxygen atoms in total. The number of hydrogen-bond acceptors (Lipinski definition) is 11. The maximum atomic E-state index is 11.8. The van der Waals surface area contributed by atoms with Crippen molar-refractivity contribution in [2.75, 3.05) is 13.2 Å². The molecule has 0 unspecified atom stereocenters. The normalized spacial score (nSPS) is 25.6. The molecule has 0 aliphatic carbocycles. The largest absolute Gasteiger partial charge is 0.394 e. The first-order valence-electron chi connectivity index (χ1n) is 22.3. The Bertz CT molecular complexity index is 2210. The van der Waals surface area contributed by atoms with E-state index in [1.165, 1.54) is 0 Å². The molecule has 6 aromatic carbocycles. The first-order valence-corrected chi connectivity index (χ1v) is 22.3. The third kappa shape index (κ3) is 13.3. The van der Waals surface area contributed by atoms with Crippen LogP contribution in [0.25, 0.3) is 0 Å². The quantitative estimate of drug-likeness (QED) is 0.0691. The fourth-order valence-corrected chi connectivity index (χ4v) is 8.11. The standard InChI is InChI=1S/C54H58O11/c55-31-45-47(57-32-39-19-7-1-8-20-39)50(60-35-42-25-13-4-14-26-42)52(62-37-44-29-17-6-18-30-44)54(65-45)63-38-46-48(58-33-40-21-9-2-10-22-40)49(59-34-41-23-11-3-12-24-41)51(53(56)64-46)61-36-43-27-15-5-16-28-43/h1-30,45-56H,31-38H2/t45-,46-,47-,48-,49+,50+,51-,52-,53+,54+/m1/s1. The van der Waals surface area contributed by atoms with E-state index in [9.17, 15) is 10.2 Å². The average molecular weight is 883 g/mol. The monoisotopic (exact) mass is 882 g/mol. The summed E-state index contributed by atoms with van der Waals surface area (Å²) < 4.78 is 59.8. The van der Waals surface area contributed by atoms with E-state index >= 15 is 0 Å². The van der Waals surface area contributed by atoms with Gasteiger partial charge in [-0.1, -0.05) is 182 Å². The highest BCUT2D eigenvalue weighted by Gasteiger charge is 2.51. The van der Waals surface area contributed by atoms with Gasteiger partial charge in [-0.3, -0.25) is 0 Å². The molecule has 2 saturated heterocycles. The van der Waals surface area contributed by atoms with Crippen molar-refractivity contribution in [2.24, 2.45) is 0 Å². The van der Waals surface area contributed by atoms with E-state index < -0.39 is 61.4 Å². The van der Waals surface area contributed by atoms with Gasteiger partial charge in [0.05, 0.1) is 52.9 Å². The van der Waals surface area contributed by atoms with Gasteiger partial charge in [-0.05, 0) is 33.4 Å². The molecule has 65 heavy (non-hydrogen) atoms. The van der Waals surface area contributed by atoms with Crippen molar-refractivity contribution >= 4 is 0 Å². The third-order valence-corrected chi connectivity index (χ3v) is 11.5. The number of aliphatic hydroxyl groups excluding tert-OH is 2. The van der Waals surface area contributed by atoms with Gasteiger partial charge in [0.25, 0.3) is 0 Å². The van der Waals surface area contributed by atoms with Crippen molar-refractivity contribution in [3.63, 3.8) is 0 Å². The van der Waals surface area contributed by atoms with Gasteiger partial charge >= 0.3 is 0 Å². The van der Waals surface area contributed by atoms with E-state index in [0.717, 1.165) is 33.4 Å². The van der Waals surface area contributed by atoms with Crippen molar-refractivity contribution in [3.05, 3.63) is 215 Å². The second kappa shape index (κ2) is 24.4. The van der Waals surface area contributed by atoms with Crippen LogP contribution in [-0.2, 0) is 82.3 Å². The lowest BCUT2D eigenvalue weighted by atomic mass is 9.97. The van der Waals surface area contributed by atoms with Gasteiger partial charge in [0.15, 0.2) is 12.6 Å². The lowest BCUT2D eigenvalue weighted by Gasteiger charge is -2.47. The van der Waals surface area contributed by atoms with E-state index in [0.29, 0.717) is 0 Å². The zero-order chi connectivity index (χ0) is 44.5. The van der Waals surface area contributed by atoms with Crippen LogP contribution in [0, 0.1) is 0 Å². The summed E-state index contributed by atoms with van der Waals surface area (Å²) in [5.41, 5.74) is 5.66.